The van der Waals surface area contributed by atoms with Crippen molar-refractivity contribution in [2.75, 3.05) is 13.1 Å². The second-order valence-corrected chi connectivity index (χ2v) is 4.53. The van der Waals surface area contributed by atoms with Gasteiger partial charge in [-0.1, -0.05) is 20.3 Å². The van der Waals surface area contributed by atoms with E-state index in [0.29, 0.717) is 24.9 Å². The maximum Gasteiger partial charge on any atom is 0.222 e. The molecule has 1 aliphatic rings. The molecule has 1 aliphatic heterocycles. The van der Waals surface area contributed by atoms with Crippen LogP contribution < -0.4 is 5.73 Å². The molecule has 0 saturated carbocycles. The van der Waals surface area contributed by atoms with Crippen LogP contribution in [0.1, 0.15) is 46.0 Å². The van der Waals surface area contributed by atoms with Crippen molar-refractivity contribution >= 4 is 5.91 Å². The van der Waals surface area contributed by atoms with Gasteiger partial charge in [-0.15, -0.1) is 0 Å². The van der Waals surface area contributed by atoms with Crippen LogP contribution in [0.3, 0.4) is 0 Å². The van der Waals surface area contributed by atoms with E-state index in [9.17, 15) is 4.79 Å². The van der Waals surface area contributed by atoms with Crippen molar-refractivity contribution in [3.63, 3.8) is 0 Å². The van der Waals surface area contributed by atoms with E-state index in [1.165, 1.54) is 6.42 Å². The van der Waals surface area contributed by atoms with E-state index in [1.807, 2.05) is 11.8 Å². The number of likely N-dealkylation sites (tertiary alicyclic amines) is 1. The van der Waals surface area contributed by atoms with Gasteiger partial charge in [0.1, 0.15) is 0 Å². The number of hydrogen-bond acceptors (Lipinski definition) is 2. The Bertz CT molecular complexity index is 206. The number of rotatable bonds is 4. The minimum Gasteiger partial charge on any atom is -0.338 e. The van der Waals surface area contributed by atoms with Gasteiger partial charge in [-0.3, -0.25) is 4.79 Å². The van der Waals surface area contributed by atoms with E-state index < -0.39 is 0 Å². The fourth-order valence-electron chi connectivity index (χ4n) is 2.41. The van der Waals surface area contributed by atoms with E-state index in [0.717, 1.165) is 31.7 Å². The molecular weight excluding hydrogens is 188 g/mol. The molecule has 88 valence electrons. The third-order valence-corrected chi connectivity index (χ3v) is 3.46. The smallest absolute Gasteiger partial charge is 0.222 e. The highest BCUT2D eigenvalue weighted by Crippen LogP contribution is 2.25. The molecule has 2 atom stereocenters. The fraction of sp³-hybridized carbons (Fsp3) is 0.917. The van der Waals surface area contributed by atoms with Gasteiger partial charge >= 0.3 is 0 Å². The first-order valence-electron chi connectivity index (χ1n) is 6.22. The minimum atomic E-state index is 0.294. The van der Waals surface area contributed by atoms with E-state index in [-0.39, 0.29) is 0 Å². The molecule has 0 bridgehead atoms. The molecule has 3 heteroatoms. The molecule has 1 saturated heterocycles. The number of amides is 1. The summed E-state index contributed by atoms with van der Waals surface area (Å²) in [5, 5.41) is 0. The molecule has 0 spiro atoms. The van der Waals surface area contributed by atoms with Gasteiger partial charge in [0.15, 0.2) is 0 Å². The lowest BCUT2D eigenvalue weighted by atomic mass is 9.88. The SMILES string of the molecule is CCCC(=O)N1CCC(CC)CC1CN. The molecule has 0 aromatic heterocycles. The number of nitrogens with zero attached hydrogens (tertiary/aromatic N) is 1. The van der Waals surface area contributed by atoms with Crippen LogP contribution >= 0.6 is 0 Å². The lowest BCUT2D eigenvalue weighted by molar-refractivity contribution is -0.135. The second-order valence-electron chi connectivity index (χ2n) is 4.53. The highest BCUT2D eigenvalue weighted by molar-refractivity contribution is 5.76. The quantitative estimate of drug-likeness (QED) is 0.772. The van der Waals surface area contributed by atoms with Crippen molar-refractivity contribution in [3.8, 4) is 0 Å². The van der Waals surface area contributed by atoms with Gasteiger partial charge in [-0.05, 0) is 25.2 Å². The van der Waals surface area contributed by atoms with Crippen LogP contribution in [-0.2, 0) is 4.79 Å². The van der Waals surface area contributed by atoms with Gasteiger partial charge < -0.3 is 10.6 Å². The van der Waals surface area contributed by atoms with Crippen LogP contribution in [0.25, 0.3) is 0 Å². The molecule has 1 heterocycles. The fourth-order valence-corrected chi connectivity index (χ4v) is 2.41. The highest BCUT2D eigenvalue weighted by Gasteiger charge is 2.29. The molecule has 1 fully saturated rings. The Hall–Kier alpha value is -0.570. The third-order valence-electron chi connectivity index (χ3n) is 3.46. The zero-order valence-electron chi connectivity index (χ0n) is 10.0. The number of nitrogens with two attached hydrogens (primary N) is 1. The molecule has 0 aromatic rings. The lowest BCUT2D eigenvalue weighted by Gasteiger charge is -2.39. The van der Waals surface area contributed by atoms with E-state index >= 15 is 0 Å². The lowest BCUT2D eigenvalue weighted by Crippen LogP contribution is -2.49. The van der Waals surface area contributed by atoms with Crippen LogP contribution in [0, 0.1) is 5.92 Å². The zero-order valence-corrected chi connectivity index (χ0v) is 10.0. The molecular formula is C12H24N2O. The molecule has 2 N–H and O–H groups in total. The van der Waals surface area contributed by atoms with Crippen molar-refractivity contribution in [1.29, 1.82) is 0 Å². The largest absolute Gasteiger partial charge is 0.338 e. The predicted molar refractivity (Wildman–Crippen MR) is 62.5 cm³/mol. The van der Waals surface area contributed by atoms with Crippen molar-refractivity contribution in [2.24, 2.45) is 11.7 Å². The first-order chi connectivity index (χ1) is 7.22. The Kier molecular flexibility index (Phi) is 5.09. The normalized spacial score (nSPS) is 26.7. The number of carbonyl (C=O) groups is 1. The summed E-state index contributed by atoms with van der Waals surface area (Å²) in [5.74, 6) is 1.06. The summed E-state index contributed by atoms with van der Waals surface area (Å²) in [7, 11) is 0. The van der Waals surface area contributed by atoms with Gasteiger partial charge in [-0.2, -0.15) is 0 Å². The Labute approximate surface area is 93.0 Å². The Morgan fingerprint density at radius 2 is 2.20 bits per heavy atom. The Balaban J connectivity index is 2.53. The molecule has 3 nitrogen and oxygen atoms in total. The average Bonchev–Trinajstić information content (AvgIpc) is 2.28. The maximum absolute atomic E-state index is 11.8. The summed E-state index contributed by atoms with van der Waals surface area (Å²) >= 11 is 0. The summed E-state index contributed by atoms with van der Waals surface area (Å²) in [6.07, 6.45) is 5.08. The standard InChI is InChI=1S/C12H24N2O/c1-3-5-12(15)14-7-6-10(4-2)8-11(14)9-13/h10-11H,3-9,13H2,1-2H3. The topological polar surface area (TPSA) is 46.3 Å². The Morgan fingerprint density at radius 3 is 2.73 bits per heavy atom. The monoisotopic (exact) mass is 212 g/mol. The van der Waals surface area contributed by atoms with E-state index in [1.54, 1.807) is 0 Å². The third kappa shape index (κ3) is 3.20. The summed E-state index contributed by atoms with van der Waals surface area (Å²) in [4.78, 5) is 13.8. The van der Waals surface area contributed by atoms with Gasteiger partial charge in [0, 0.05) is 25.6 Å². The van der Waals surface area contributed by atoms with Crippen LogP contribution in [0.2, 0.25) is 0 Å². The first-order valence-corrected chi connectivity index (χ1v) is 6.22. The summed E-state index contributed by atoms with van der Waals surface area (Å²) in [5.41, 5.74) is 5.75. The second kappa shape index (κ2) is 6.11. The molecule has 15 heavy (non-hydrogen) atoms. The average molecular weight is 212 g/mol. The number of hydrogen-bond donors (Lipinski definition) is 1. The van der Waals surface area contributed by atoms with Crippen LogP contribution in [0.15, 0.2) is 0 Å². The van der Waals surface area contributed by atoms with E-state index in [4.69, 9.17) is 5.73 Å². The maximum atomic E-state index is 11.8. The van der Waals surface area contributed by atoms with Crippen LogP contribution in [0.5, 0.6) is 0 Å². The van der Waals surface area contributed by atoms with Crippen molar-refractivity contribution in [3.05, 3.63) is 0 Å². The summed E-state index contributed by atoms with van der Waals surface area (Å²) in [6, 6.07) is 0.294. The molecule has 0 aliphatic carbocycles. The number of carbonyl (C=O) groups excluding carboxylic acids is 1. The van der Waals surface area contributed by atoms with Gasteiger partial charge in [0.25, 0.3) is 0 Å². The summed E-state index contributed by atoms with van der Waals surface area (Å²) in [6.45, 7) is 5.81. The molecule has 0 radical (unpaired) electrons. The van der Waals surface area contributed by atoms with Gasteiger partial charge in [0.2, 0.25) is 5.91 Å². The van der Waals surface area contributed by atoms with Crippen molar-refractivity contribution in [2.45, 2.75) is 52.0 Å². The van der Waals surface area contributed by atoms with Crippen molar-refractivity contribution in [1.82, 2.24) is 4.90 Å². The van der Waals surface area contributed by atoms with Crippen LogP contribution in [-0.4, -0.2) is 29.9 Å². The molecule has 1 amide bonds. The molecule has 0 aromatic carbocycles. The van der Waals surface area contributed by atoms with Gasteiger partial charge in [-0.25, -0.2) is 0 Å². The van der Waals surface area contributed by atoms with Crippen LogP contribution in [0.4, 0.5) is 0 Å². The van der Waals surface area contributed by atoms with Crippen molar-refractivity contribution < 1.29 is 4.79 Å². The summed E-state index contributed by atoms with van der Waals surface area (Å²) < 4.78 is 0. The number of piperidine rings is 1. The van der Waals surface area contributed by atoms with Gasteiger partial charge in [0.05, 0.1) is 0 Å². The molecule has 1 rings (SSSR count). The first kappa shape index (κ1) is 12.5. The highest BCUT2D eigenvalue weighted by atomic mass is 16.2. The predicted octanol–water partition coefficient (Wildman–Crippen LogP) is 1.76. The zero-order chi connectivity index (χ0) is 11.3. The minimum absolute atomic E-state index is 0.294. The Morgan fingerprint density at radius 1 is 1.47 bits per heavy atom. The van der Waals surface area contributed by atoms with E-state index in [2.05, 4.69) is 6.92 Å². The molecule has 2 unspecified atom stereocenters.